The van der Waals surface area contributed by atoms with E-state index >= 15 is 0 Å². The molecule has 2 unspecified atom stereocenters. The highest BCUT2D eigenvalue weighted by atomic mass is 16.3. The van der Waals surface area contributed by atoms with Gasteiger partial charge in [0.05, 0.1) is 0 Å². The third-order valence-electron chi connectivity index (χ3n) is 2.02. The summed E-state index contributed by atoms with van der Waals surface area (Å²) in [5.74, 6) is -0.305. The van der Waals surface area contributed by atoms with Crippen LogP contribution in [0.1, 0.15) is 33.1 Å². The zero-order valence-corrected chi connectivity index (χ0v) is 8.82. The summed E-state index contributed by atoms with van der Waals surface area (Å²) in [6, 6.07) is -0.717. The van der Waals surface area contributed by atoms with Crippen molar-refractivity contribution in [3.8, 4) is 0 Å². The predicted molar refractivity (Wildman–Crippen MR) is 55.8 cm³/mol. The third-order valence-corrected chi connectivity index (χ3v) is 2.02. The SMILES string of the molecule is CC(CCCCN)NC(=O)C(C)N=O. The van der Waals surface area contributed by atoms with Gasteiger partial charge in [-0.2, -0.15) is 0 Å². The van der Waals surface area contributed by atoms with Gasteiger partial charge in [0.2, 0.25) is 5.91 Å². The van der Waals surface area contributed by atoms with Crippen LogP contribution in [0.25, 0.3) is 0 Å². The minimum absolute atomic E-state index is 0.0817. The van der Waals surface area contributed by atoms with Crippen molar-refractivity contribution in [3.63, 3.8) is 0 Å². The Labute approximate surface area is 84.4 Å². The molecule has 0 rings (SSSR count). The fourth-order valence-electron chi connectivity index (χ4n) is 1.08. The van der Waals surface area contributed by atoms with Crippen LogP contribution in [0.4, 0.5) is 0 Å². The van der Waals surface area contributed by atoms with Crippen molar-refractivity contribution in [2.75, 3.05) is 6.54 Å². The fraction of sp³-hybridized carbons (Fsp3) is 0.889. The number of unbranched alkanes of at least 4 members (excludes halogenated alkanes) is 1. The molecule has 3 N–H and O–H groups in total. The number of hydrogen-bond donors (Lipinski definition) is 2. The number of nitrogens with one attached hydrogen (secondary N) is 1. The molecule has 0 aromatic carbocycles. The summed E-state index contributed by atoms with van der Waals surface area (Å²) in [6.07, 6.45) is 2.83. The van der Waals surface area contributed by atoms with Gasteiger partial charge in [-0.3, -0.25) is 4.79 Å². The van der Waals surface area contributed by atoms with E-state index in [-0.39, 0.29) is 11.9 Å². The summed E-state index contributed by atoms with van der Waals surface area (Å²) >= 11 is 0. The Morgan fingerprint density at radius 2 is 2.07 bits per heavy atom. The number of nitrogens with two attached hydrogens (primary N) is 1. The van der Waals surface area contributed by atoms with Crippen LogP contribution >= 0.6 is 0 Å². The van der Waals surface area contributed by atoms with E-state index in [1.54, 1.807) is 0 Å². The molecule has 5 heteroatoms. The molecule has 0 aromatic heterocycles. The smallest absolute Gasteiger partial charge is 0.248 e. The summed E-state index contributed by atoms with van der Waals surface area (Å²) in [5, 5.41) is 5.37. The Balaban J connectivity index is 3.65. The highest BCUT2D eigenvalue weighted by Crippen LogP contribution is 2.00. The lowest BCUT2D eigenvalue weighted by atomic mass is 10.1. The quantitative estimate of drug-likeness (QED) is 0.471. The van der Waals surface area contributed by atoms with E-state index in [0.717, 1.165) is 19.3 Å². The standard InChI is InChI=1S/C9H19N3O2/c1-7(5-3-4-6-10)11-9(13)8(2)12-14/h7-8H,3-6,10H2,1-2H3,(H,11,13). The van der Waals surface area contributed by atoms with Gasteiger partial charge in [0.25, 0.3) is 0 Å². The van der Waals surface area contributed by atoms with Gasteiger partial charge < -0.3 is 11.1 Å². The molecule has 0 aliphatic heterocycles. The summed E-state index contributed by atoms with van der Waals surface area (Å²) < 4.78 is 0. The first kappa shape index (κ1) is 13.0. The zero-order chi connectivity index (χ0) is 11.0. The van der Waals surface area contributed by atoms with Gasteiger partial charge in [0.1, 0.15) is 0 Å². The van der Waals surface area contributed by atoms with Gasteiger partial charge in [0, 0.05) is 6.04 Å². The van der Waals surface area contributed by atoms with Crippen LogP contribution < -0.4 is 11.1 Å². The largest absolute Gasteiger partial charge is 0.352 e. The maximum Gasteiger partial charge on any atom is 0.248 e. The van der Waals surface area contributed by atoms with Crippen molar-refractivity contribution >= 4 is 5.91 Å². The summed E-state index contributed by atoms with van der Waals surface area (Å²) in [5.41, 5.74) is 5.34. The van der Waals surface area contributed by atoms with Gasteiger partial charge in [-0.15, -0.1) is 4.91 Å². The lowest BCUT2D eigenvalue weighted by molar-refractivity contribution is -0.122. The van der Waals surface area contributed by atoms with Gasteiger partial charge >= 0.3 is 0 Å². The van der Waals surface area contributed by atoms with Crippen LogP contribution in [-0.4, -0.2) is 24.5 Å². The second-order valence-corrected chi connectivity index (χ2v) is 3.48. The molecule has 0 aromatic rings. The lowest BCUT2D eigenvalue weighted by Gasteiger charge is -2.14. The van der Waals surface area contributed by atoms with Crippen LogP contribution in [0, 0.1) is 4.91 Å². The Bertz CT molecular complexity index is 185. The molecule has 0 radical (unpaired) electrons. The van der Waals surface area contributed by atoms with E-state index in [9.17, 15) is 9.70 Å². The molecular formula is C9H19N3O2. The van der Waals surface area contributed by atoms with E-state index in [2.05, 4.69) is 10.5 Å². The molecule has 1 amide bonds. The Hall–Kier alpha value is -0.970. The van der Waals surface area contributed by atoms with E-state index in [0.29, 0.717) is 6.54 Å². The van der Waals surface area contributed by atoms with E-state index < -0.39 is 6.04 Å². The third kappa shape index (κ3) is 5.64. The zero-order valence-electron chi connectivity index (χ0n) is 8.82. The van der Waals surface area contributed by atoms with Crippen molar-refractivity contribution in [1.82, 2.24) is 5.32 Å². The highest BCUT2D eigenvalue weighted by molar-refractivity contribution is 5.81. The number of rotatable bonds is 7. The minimum atomic E-state index is -0.799. The van der Waals surface area contributed by atoms with Gasteiger partial charge in [-0.25, -0.2) is 0 Å². The maximum absolute atomic E-state index is 11.2. The molecule has 0 aliphatic carbocycles. The normalized spacial score (nSPS) is 14.5. The highest BCUT2D eigenvalue weighted by Gasteiger charge is 2.14. The molecule has 0 fully saturated rings. The van der Waals surface area contributed by atoms with Gasteiger partial charge in [-0.1, -0.05) is 11.6 Å². The number of carbonyl (C=O) groups is 1. The fourth-order valence-corrected chi connectivity index (χ4v) is 1.08. The molecule has 0 bridgehead atoms. The lowest BCUT2D eigenvalue weighted by Crippen LogP contribution is -2.37. The maximum atomic E-state index is 11.2. The van der Waals surface area contributed by atoms with Crippen molar-refractivity contribution in [1.29, 1.82) is 0 Å². The average molecular weight is 201 g/mol. The number of amides is 1. The minimum Gasteiger partial charge on any atom is -0.352 e. The molecule has 0 saturated carbocycles. The summed E-state index contributed by atoms with van der Waals surface area (Å²) in [7, 11) is 0. The van der Waals surface area contributed by atoms with Crippen LogP contribution in [0.2, 0.25) is 0 Å². The molecule has 2 atom stereocenters. The molecule has 5 nitrogen and oxygen atoms in total. The van der Waals surface area contributed by atoms with E-state index in [1.165, 1.54) is 6.92 Å². The monoisotopic (exact) mass is 201 g/mol. The predicted octanol–water partition coefficient (Wildman–Crippen LogP) is 0.775. The number of nitrogens with zero attached hydrogens (tertiary/aromatic N) is 1. The molecule has 0 saturated heterocycles. The molecule has 0 spiro atoms. The topological polar surface area (TPSA) is 84.5 Å². The molecule has 82 valence electrons. The molecule has 0 heterocycles. The van der Waals surface area contributed by atoms with E-state index in [4.69, 9.17) is 5.73 Å². The van der Waals surface area contributed by atoms with Crippen molar-refractivity contribution in [2.45, 2.75) is 45.2 Å². The van der Waals surface area contributed by atoms with Crippen LogP contribution in [-0.2, 0) is 4.79 Å². The Kier molecular flexibility index (Phi) is 6.92. The number of nitroso groups, excluding NO2 is 1. The first-order valence-electron chi connectivity index (χ1n) is 4.94. The van der Waals surface area contributed by atoms with Crippen LogP contribution in [0.5, 0.6) is 0 Å². The van der Waals surface area contributed by atoms with E-state index in [1.807, 2.05) is 6.92 Å². The first-order valence-corrected chi connectivity index (χ1v) is 4.94. The summed E-state index contributed by atoms with van der Waals surface area (Å²) in [6.45, 7) is 4.06. The van der Waals surface area contributed by atoms with Crippen molar-refractivity contribution in [2.24, 2.45) is 10.9 Å². The number of hydrogen-bond acceptors (Lipinski definition) is 4. The Morgan fingerprint density at radius 1 is 1.43 bits per heavy atom. The molecular weight excluding hydrogens is 182 g/mol. The first-order chi connectivity index (χ1) is 6.61. The van der Waals surface area contributed by atoms with Gasteiger partial charge in [0.15, 0.2) is 6.04 Å². The second-order valence-electron chi connectivity index (χ2n) is 3.48. The second kappa shape index (κ2) is 7.44. The Morgan fingerprint density at radius 3 is 2.57 bits per heavy atom. The molecule has 14 heavy (non-hydrogen) atoms. The summed E-state index contributed by atoms with van der Waals surface area (Å²) in [4.78, 5) is 21.2. The van der Waals surface area contributed by atoms with Crippen molar-refractivity contribution < 1.29 is 4.79 Å². The van der Waals surface area contributed by atoms with Gasteiger partial charge in [-0.05, 0) is 33.2 Å². The van der Waals surface area contributed by atoms with Crippen molar-refractivity contribution in [3.05, 3.63) is 4.91 Å². The average Bonchev–Trinajstić information content (AvgIpc) is 2.16. The number of carbonyl (C=O) groups excluding carboxylic acids is 1. The molecule has 0 aliphatic rings. The van der Waals surface area contributed by atoms with Crippen LogP contribution in [0.15, 0.2) is 5.18 Å². The van der Waals surface area contributed by atoms with Crippen LogP contribution in [0.3, 0.4) is 0 Å².